The molecule has 22 heavy (non-hydrogen) atoms. The summed E-state index contributed by atoms with van der Waals surface area (Å²) in [6.07, 6.45) is 2.87. The highest BCUT2D eigenvalue weighted by Crippen LogP contribution is 2.23. The van der Waals surface area contributed by atoms with E-state index in [9.17, 15) is 8.42 Å². The summed E-state index contributed by atoms with van der Waals surface area (Å²) >= 11 is 0. The van der Waals surface area contributed by atoms with Gasteiger partial charge in [-0.25, -0.2) is 13.4 Å². The average Bonchev–Trinajstić information content (AvgIpc) is 3.06. The largest absolute Gasteiger partial charge is 0.363 e. The zero-order valence-electron chi connectivity index (χ0n) is 12.6. The lowest BCUT2D eigenvalue weighted by atomic mass is 10.1. The van der Waals surface area contributed by atoms with E-state index in [-0.39, 0.29) is 17.4 Å². The van der Waals surface area contributed by atoms with E-state index >= 15 is 0 Å². The third-order valence-electron chi connectivity index (χ3n) is 3.72. The fourth-order valence-corrected chi connectivity index (χ4v) is 4.38. The van der Waals surface area contributed by atoms with Crippen LogP contribution in [0.3, 0.4) is 0 Å². The van der Waals surface area contributed by atoms with Gasteiger partial charge in [0.05, 0.1) is 11.5 Å². The average molecular weight is 322 g/mol. The molecule has 1 aliphatic heterocycles. The summed E-state index contributed by atoms with van der Waals surface area (Å²) in [6.45, 7) is 0. The maximum atomic E-state index is 11.5. The molecule has 8 heteroatoms. The van der Waals surface area contributed by atoms with Crippen molar-refractivity contribution >= 4 is 15.7 Å². The molecule has 1 saturated heterocycles. The Hall–Kier alpha value is -1.96. The fraction of sp³-hybridized carbons (Fsp3) is 0.500. The van der Waals surface area contributed by atoms with Crippen LogP contribution in [-0.2, 0) is 16.3 Å². The molecule has 0 N–H and O–H groups in total. The van der Waals surface area contributed by atoms with Gasteiger partial charge in [-0.05, 0) is 24.5 Å². The fourth-order valence-electron chi connectivity index (χ4n) is 2.52. The van der Waals surface area contributed by atoms with E-state index in [4.69, 9.17) is 4.52 Å². The predicted octanol–water partition coefficient (Wildman–Crippen LogP) is 1.17. The van der Waals surface area contributed by atoms with Gasteiger partial charge in [0.2, 0.25) is 11.7 Å². The van der Waals surface area contributed by atoms with Crippen LogP contribution >= 0.6 is 0 Å². The molecule has 0 saturated carbocycles. The molecule has 7 nitrogen and oxygen atoms in total. The molecule has 118 valence electrons. The molecule has 2 aromatic heterocycles. The maximum absolute atomic E-state index is 11.5. The quantitative estimate of drug-likeness (QED) is 0.834. The van der Waals surface area contributed by atoms with Crippen molar-refractivity contribution in [3.8, 4) is 11.4 Å². The van der Waals surface area contributed by atoms with Crippen LogP contribution in [0.1, 0.15) is 12.3 Å². The second-order valence-corrected chi connectivity index (χ2v) is 8.01. The van der Waals surface area contributed by atoms with Crippen LogP contribution in [0, 0.1) is 5.92 Å². The van der Waals surface area contributed by atoms with Gasteiger partial charge >= 0.3 is 0 Å². The van der Waals surface area contributed by atoms with Gasteiger partial charge in [-0.15, -0.1) is 0 Å². The smallest absolute Gasteiger partial charge is 0.227 e. The van der Waals surface area contributed by atoms with E-state index in [1.54, 1.807) is 6.20 Å². The first-order chi connectivity index (χ1) is 10.4. The molecule has 0 spiro atoms. The van der Waals surface area contributed by atoms with Crippen LogP contribution in [-0.4, -0.2) is 49.1 Å². The Labute approximate surface area is 129 Å². The van der Waals surface area contributed by atoms with Crippen LogP contribution in [0.2, 0.25) is 0 Å². The minimum atomic E-state index is -2.88. The number of hydrogen-bond donors (Lipinski definition) is 0. The van der Waals surface area contributed by atoms with Crippen molar-refractivity contribution in [2.75, 3.05) is 30.5 Å². The molecule has 0 amide bonds. The highest BCUT2D eigenvalue weighted by atomic mass is 32.2. The van der Waals surface area contributed by atoms with Gasteiger partial charge in [0.25, 0.3) is 0 Å². The Morgan fingerprint density at radius 2 is 2.18 bits per heavy atom. The van der Waals surface area contributed by atoms with Crippen molar-refractivity contribution in [3.05, 3.63) is 24.2 Å². The number of hydrogen-bond acceptors (Lipinski definition) is 7. The summed E-state index contributed by atoms with van der Waals surface area (Å²) < 4.78 is 28.2. The van der Waals surface area contributed by atoms with Gasteiger partial charge in [-0.2, -0.15) is 4.98 Å². The summed E-state index contributed by atoms with van der Waals surface area (Å²) in [6, 6.07) is 3.77. The molecular formula is C14H18N4O3S. The second-order valence-electron chi connectivity index (χ2n) is 5.78. The third-order valence-corrected chi connectivity index (χ3v) is 5.56. The predicted molar refractivity (Wildman–Crippen MR) is 82.3 cm³/mol. The molecule has 3 rings (SSSR count). The zero-order chi connectivity index (χ0) is 15.7. The Kier molecular flexibility index (Phi) is 3.86. The van der Waals surface area contributed by atoms with Gasteiger partial charge in [-0.3, -0.25) is 0 Å². The molecule has 3 heterocycles. The van der Waals surface area contributed by atoms with E-state index < -0.39 is 9.84 Å². The summed E-state index contributed by atoms with van der Waals surface area (Å²) in [5.74, 6) is 2.36. The minimum Gasteiger partial charge on any atom is -0.363 e. The Morgan fingerprint density at radius 1 is 1.36 bits per heavy atom. The normalized spacial score (nSPS) is 20.2. The minimum absolute atomic E-state index is 0.0764. The van der Waals surface area contributed by atoms with Crippen LogP contribution in [0.5, 0.6) is 0 Å². The Bertz CT molecular complexity index is 753. The highest BCUT2D eigenvalue weighted by Gasteiger charge is 2.29. The molecular weight excluding hydrogens is 304 g/mol. The molecule has 1 atom stereocenters. The number of anilines is 1. The van der Waals surface area contributed by atoms with Crippen molar-refractivity contribution in [1.29, 1.82) is 0 Å². The molecule has 1 fully saturated rings. The summed E-state index contributed by atoms with van der Waals surface area (Å²) in [5.41, 5.74) is 0.777. The summed E-state index contributed by atoms with van der Waals surface area (Å²) in [7, 11) is 0.963. The third kappa shape index (κ3) is 3.27. The topological polar surface area (TPSA) is 89.2 Å². The Balaban J connectivity index is 1.71. The van der Waals surface area contributed by atoms with E-state index in [1.807, 2.05) is 31.1 Å². The molecule has 0 radical (unpaired) electrons. The second kappa shape index (κ2) is 5.68. The van der Waals surface area contributed by atoms with Gasteiger partial charge in [0.15, 0.2) is 9.84 Å². The molecule has 0 unspecified atom stereocenters. The van der Waals surface area contributed by atoms with Crippen molar-refractivity contribution < 1.29 is 12.9 Å². The first-order valence-electron chi connectivity index (χ1n) is 7.10. The monoisotopic (exact) mass is 322 g/mol. The number of sulfone groups is 1. The first-order valence-corrected chi connectivity index (χ1v) is 8.92. The van der Waals surface area contributed by atoms with Crippen LogP contribution < -0.4 is 4.90 Å². The van der Waals surface area contributed by atoms with Crippen molar-refractivity contribution in [2.45, 2.75) is 12.8 Å². The van der Waals surface area contributed by atoms with Gasteiger partial charge < -0.3 is 9.42 Å². The van der Waals surface area contributed by atoms with Crippen LogP contribution in [0.25, 0.3) is 11.4 Å². The summed E-state index contributed by atoms with van der Waals surface area (Å²) in [4.78, 5) is 10.6. The Morgan fingerprint density at radius 3 is 2.77 bits per heavy atom. The van der Waals surface area contributed by atoms with E-state index in [1.165, 1.54) is 0 Å². The van der Waals surface area contributed by atoms with Crippen molar-refractivity contribution in [2.24, 2.45) is 5.92 Å². The lowest BCUT2D eigenvalue weighted by Gasteiger charge is -2.10. The lowest BCUT2D eigenvalue weighted by Crippen LogP contribution is -2.10. The SMILES string of the molecule is CN(C)c1ccc(-c2noc(C[C@@H]3CCS(=O)(=O)C3)n2)cn1. The number of aromatic nitrogens is 3. The maximum Gasteiger partial charge on any atom is 0.227 e. The molecule has 0 aliphatic carbocycles. The molecule has 2 aromatic rings. The van der Waals surface area contributed by atoms with Crippen molar-refractivity contribution in [3.63, 3.8) is 0 Å². The lowest BCUT2D eigenvalue weighted by molar-refractivity contribution is 0.359. The molecule has 0 bridgehead atoms. The molecule has 0 aromatic carbocycles. The standard InChI is InChI=1S/C14H18N4O3S/c1-18(2)12-4-3-11(8-15-12)14-16-13(21-17-14)7-10-5-6-22(19,20)9-10/h3-4,8,10H,5-7,9H2,1-2H3/t10-/m0/s1. The first kappa shape index (κ1) is 15.0. The van der Waals surface area contributed by atoms with Crippen LogP contribution in [0.4, 0.5) is 5.82 Å². The molecule has 1 aliphatic rings. The number of pyridine rings is 1. The number of rotatable bonds is 4. The van der Waals surface area contributed by atoms with Gasteiger partial charge in [-0.1, -0.05) is 5.16 Å². The van der Waals surface area contributed by atoms with E-state index in [2.05, 4.69) is 15.1 Å². The van der Waals surface area contributed by atoms with E-state index in [0.29, 0.717) is 24.6 Å². The number of nitrogens with zero attached hydrogens (tertiary/aromatic N) is 4. The van der Waals surface area contributed by atoms with E-state index in [0.717, 1.165) is 11.4 Å². The van der Waals surface area contributed by atoms with Gasteiger partial charge in [0, 0.05) is 32.3 Å². The van der Waals surface area contributed by atoms with Crippen molar-refractivity contribution in [1.82, 2.24) is 15.1 Å². The van der Waals surface area contributed by atoms with Gasteiger partial charge in [0.1, 0.15) is 5.82 Å². The highest BCUT2D eigenvalue weighted by molar-refractivity contribution is 7.91. The zero-order valence-corrected chi connectivity index (χ0v) is 13.4. The summed E-state index contributed by atoms with van der Waals surface area (Å²) in [5, 5.41) is 3.95. The van der Waals surface area contributed by atoms with Crippen LogP contribution in [0.15, 0.2) is 22.9 Å².